The average molecular weight is 251 g/mol. The van der Waals surface area contributed by atoms with E-state index in [0.717, 1.165) is 0 Å². The van der Waals surface area contributed by atoms with Crippen molar-refractivity contribution in [1.29, 1.82) is 0 Å². The molecule has 1 heterocycles. The third-order valence-electron chi connectivity index (χ3n) is 2.05. The maximum atomic E-state index is 9.69. The van der Waals surface area contributed by atoms with Crippen molar-refractivity contribution >= 4 is 16.5 Å². The predicted octanol–water partition coefficient (Wildman–Crippen LogP) is 2.44. The topological polar surface area (TPSA) is 78.3 Å². The molecule has 0 aliphatic heterocycles. The van der Waals surface area contributed by atoms with Crippen LogP contribution in [-0.4, -0.2) is 26.5 Å². The van der Waals surface area contributed by atoms with Crippen LogP contribution in [0.2, 0.25) is 0 Å². The molecular formula is C11H13N3O2S. The summed E-state index contributed by atoms with van der Waals surface area (Å²) in [6.45, 7) is 4.03. The van der Waals surface area contributed by atoms with E-state index in [0.29, 0.717) is 15.7 Å². The van der Waals surface area contributed by atoms with Crippen LogP contribution in [0.15, 0.2) is 18.2 Å². The fourth-order valence-electron chi connectivity index (χ4n) is 1.34. The van der Waals surface area contributed by atoms with Crippen LogP contribution in [0.5, 0.6) is 11.5 Å². The molecule has 0 spiro atoms. The Balaban J connectivity index is 2.30. The summed E-state index contributed by atoms with van der Waals surface area (Å²) in [6.07, 6.45) is 0. The lowest BCUT2D eigenvalue weighted by atomic mass is 10.2. The van der Waals surface area contributed by atoms with Crippen molar-refractivity contribution in [3.63, 3.8) is 0 Å². The molecule has 0 unspecified atom stereocenters. The first-order valence-electron chi connectivity index (χ1n) is 5.18. The maximum Gasteiger partial charge on any atom is 0.206 e. The normalized spacial score (nSPS) is 10.8. The summed E-state index contributed by atoms with van der Waals surface area (Å²) in [6, 6.07) is 4.69. The number of hydrogen-bond donors (Lipinski definition) is 3. The zero-order chi connectivity index (χ0) is 12.4. The van der Waals surface area contributed by atoms with Crippen molar-refractivity contribution in [3.8, 4) is 22.1 Å². The Morgan fingerprint density at radius 1 is 1.24 bits per heavy atom. The number of hydrogen-bond acceptors (Lipinski definition) is 6. The van der Waals surface area contributed by atoms with Gasteiger partial charge >= 0.3 is 0 Å². The summed E-state index contributed by atoms with van der Waals surface area (Å²) in [5.74, 6) is 0.0218. The number of nitrogens with one attached hydrogen (secondary N) is 1. The summed E-state index contributed by atoms with van der Waals surface area (Å²) >= 11 is 1.36. The van der Waals surface area contributed by atoms with Gasteiger partial charge in [0.2, 0.25) is 5.13 Å². The van der Waals surface area contributed by atoms with E-state index in [1.807, 2.05) is 13.8 Å². The van der Waals surface area contributed by atoms with Gasteiger partial charge in [0.25, 0.3) is 0 Å². The third kappa shape index (κ3) is 2.65. The standard InChI is InChI=1S/C11H13N3O2S/c1-6(2)12-11-14-13-10(17-11)8-4-3-7(15)5-9(8)16/h3-6,15-16H,1-2H3,(H,12,14). The van der Waals surface area contributed by atoms with E-state index in [-0.39, 0.29) is 17.5 Å². The van der Waals surface area contributed by atoms with Crippen LogP contribution >= 0.6 is 11.3 Å². The van der Waals surface area contributed by atoms with E-state index in [4.69, 9.17) is 0 Å². The van der Waals surface area contributed by atoms with E-state index in [1.54, 1.807) is 6.07 Å². The number of aromatic hydroxyl groups is 2. The number of nitrogens with zero attached hydrogens (tertiary/aromatic N) is 2. The predicted molar refractivity (Wildman–Crippen MR) is 67.4 cm³/mol. The lowest BCUT2D eigenvalue weighted by Crippen LogP contribution is -2.08. The van der Waals surface area contributed by atoms with Gasteiger partial charge in [0.1, 0.15) is 11.5 Å². The Morgan fingerprint density at radius 3 is 2.65 bits per heavy atom. The Bertz CT molecular complexity index is 525. The number of benzene rings is 1. The van der Waals surface area contributed by atoms with Gasteiger partial charge in [-0.25, -0.2) is 0 Å². The highest BCUT2D eigenvalue weighted by molar-refractivity contribution is 7.18. The zero-order valence-corrected chi connectivity index (χ0v) is 10.3. The van der Waals surface area contributed by atoms with Crippen LogP contribution in [0, 0.1) is 0 Å². The molecule has 1 aromatic heterocycles. The van der Waals surface area contributed by atoms with E-state index in [9.17, 15) is 10.2 Å². The quantitative estimate of drug-likeness (QED) is 0.781. The van der Waals surface area contributed by atoms with Gasteiger partial charge in [0.15, 0.2) is 5.01 Å². The third-order valence-corrected chi connectivity index (χ3v) is 2.94. The minimum absolute atomic E-state index is 0.00255. The molecule has 0 bridgehead atoms. The molecular weight excluding hydrogens is 238 g/mol. The van der Waals surface area contributed by atoms with Gasteiger partial charge in [0.05, 0.1) is 5.56 Å². The van der Waals surface area contributed by atoms with Gasteiger partial charge in [-0.2, -0.15) is 0 Å². The molecule has 0 amide bonds. The van der Waals surface area contributed by atoms with Gasteiger partial charge in [0, 0.05) is 12.1 Å². The second kappa shape index (κ2) is 4.58. The lowest BCUT2D eigenvalue weighted by molar-refractivity contribution is 0.452. The van der Waals surface area contributed by atoms with Gasteiger partial charge in [-0.3, -0.25) is 0 Å². The molecule has 0 aliphatic carbocycles. The molecule has 0 saturated carbocycles. The molecule has 5 nitrogen and oxygen atoms in total. The summed E-state index contributed by atoms with van der Waals surface area (Å²) < 4.78 is 0. The number of phenolic OH excluding ortho intramolecular Hbond substituents is 2. The summed E-state index contributed by atoms with van der Waals surface area (Å²) in [7, 11) is 0. The molecule has 1 aromatic carbocycles. The first-order valence-corrected chi connectivity index (χ1v) is 6.00. The average Bonchev–Trinajstić information content (AvgIpc) is 2.65. The molecule has 2 aromatic rings. The highest BCUT2D eigenvalue weighted by Crippen LogP contribution is 2.34. The van der Waals surface area contributed by atoms with Crippen LogP contribution in [0.3, 0.4) is 0 Å². The largest absolute Gasteiger partial charge is 0.508 e. The van der Waals surface area contributed by atoms with E-state index < -0.39 is 0 Å². The molecule has 2 rings (SSSR count). The van der Waals surface area contributed by atoms with Crippen LogP contribution in [0.1, 0.15) is 13.8 Å². The van der Waals surface area contributed by atoms with Crippen LogP contribution in [0.25, 0.3) is 10.6 Å². The van der Waals surface area contributed by atoms with Crippen LogP contribution in [-0.2, 0) is 0 Å². The second-order valence-electron chi connectivity index (χ2n) is 3.91. The van der Waals surface area contributed by atoms with Crippen molar-refractivity contribution in [3.05, 3.63) is 18.2 Å². The molecule has 0 radical (unpaired) electrons. The molecule has 3 N–H and O–H groups in total. The molecule has 6 heteroatoms. The second-order valence-corrected chi connectivity index (χ2v) is 4.89. The first kappa shape index (κ1) is 11.7. The number of aromatic nitrogens is 2. The first-order chi connectivity index (χ1) is 8.06. The number of anilines is 1. The SMILES string of the molecule is CC(C)Nc1nnc(-c2ccc(O)cc2O)s1. The minimum Gasteiger partial charge on any atom is -0.508 e. The minimum atomic E-state index is -0.00255. The summed E-state index contributed by atoms with van der Waals surface area (Å²) in [5, 5.41) is 31.3. The van der Waals surface area contributed by atoms with Crippen molar-refractivity contribution in [2.75, 3.05) is 5.32 Å². The monoisotopic (exact) mass is 251 g/mol. The van der Waals surface area contributed by atoms with Gasteiger partial charge in [-0.1, -0.05) is 11.3 Å². The van der Waals surface area contributed by atoms with E-state index in [1.165, 1.54) is 23.5 Å². The number of rotatable bonds is 3. The van der Waals surface area contributed by atoms with Crippen LogP contribution < -0.4 is 5.32 Å². The van der Waals surface area contributed by atoms with Crippen molar-refractivity contribution < 1.29 is 10.2 Å². The lowest BCUT2D eigenvalue weighted by Gasteiger charge is -2.03. The van der Waals surface area contributed by atoms with E-state index in [2.05, 4.69) is 15.5 Å². The molecule has 0 atom stereocenters. The Labute approximate surface area is 103 Å². The van der Waals surface area contributed by atoms with Gasteiger partial charge in [-0.15, -0.1) is 10.2 Å². The zero-order valence-electron chi connectivity index (χ0n) is 9.51. The van der Waals surface area contributed by atoms with Crippen molar-refractivity contribution in [2.24, 2.45) is 0 Å². The van der Waals surface area contributed by atoms with Gasteiger partial charge in [-0.05, 0) is 26.0 Å². The molecule has 0 fully saturated rings. The van der Waals surface area contributed by atoms with E-state index >= 15 is 0 Å². The van der Waals surface area contributed by atoms with Crippen LogP contribution in [0.4, 0.5) is 5.13 Å². The smallest absolute Gasteiger partial charge is 0.206 e. The number of phenols is 2. The molecule has 90 valence electrons. The summed E-state index contributed by atoms with van der Waals surface area (Å²) in [5.41, 5.74) is 0.567. The van der Waals surface area contributed by atoms with Crippen molar-refractivity contribution in [1.82, 2.24) is 10.2 Å². The summed E-state index contributed by atoms with van der Waals surface area (Å²) in [4.78, 5) is 0. The Morgan fingerprint density at radius 2 is 2.00 bits per heavy atom. The Kier molecular flexibility index (Phi) is 3.14. The molecule has 17 heavy (non-hydrogen) atoms. The fraction of sp³-hybridized carbons (Fsp3) is 0.273. The van der Waals surface area contributed by atoms with Gasteiger partial charge < -0.3 is 15.5 Å². The highest BCUT2D eigenvalue weighted by atomic mass is 32.1. The van der Waals surface area contributed by atoms with Crippen molar-refractivity contribution in [2.45, 2.75) is 19.9 Å². The Hall–Kier alpha value is -1.82. The highest BCUT2D eigenvalue weighted by Gasteiger charge is 2.11. The maximum absolute atomic E-state index is 9.69. The molecule has 0 aliphatic rings. The fourth-order valence-corrected chi connectivity index (χ4v) is 2.26. The molecule has 0 saturated heterocycles.